The molecule has 48 valence electrons. The van der Waals surface area contributed by atoms with Crippen molar-refractivity contribution in [2.45, 2.75) is 13.8 Å². The van der Waals surface area contributed by atoms with Crippen LogP contribution < -0.4 is 0 Å². The number of hydrogen-bond acceptors (Lipinski definition) is 1. The van der Waals surface area contributed by atoms with Crippen LogP contribution in [0.15, 0.2) is 11.4 Å². The Balaban J connectivity index is 4.27. The second-order valence-corrected chi connectivity index (χ2v) is 3.27. The monoisotopic (exact) mass is 136 g/mol. The molecule has 0 unspecified atom stereocenters. The van der Waals surface area contributed by atoms with Crippen LogP contribution in [0, 0.1) is 0 Å². The average Bonchev–Trinajstić information content (AvgIpc) is 1.62. The van der Waals surface area contributed by atoms with Gasteiger partial charge in [-0.3, -0.25) is 4.57 Å². The van der Waals surface area contributed by atoms with Gasteiger partial charge in [-0.05, 0) is 13.8 Å². The van der Waals surface area contributed by atoms with Gasteiger partial charge in [0.25, 0.3) is 0 Å². The summed E-state index contributed by atoms with van der Waals surface area (Å²) in [4.78, 5) is 16.7. The Kier molecular flexibility index (Phi) is 2.41. The van der Waals surface area contributed by atoms with Crippen LogP contribution in [-0.4, -0.2) is 9.79 Å². The van der Waals surface area contributed by atoms with Crippen LogP contribution in [0.2, 0.25) is 0 Å². The van der Waals surface area contributed by atoms with Gasteiger partial charge in [0.1, 0.15) is 0 Å². The van der Waals surface area contributed by atoms with E-state index in [9.17, 15) is 4.57 Å². The Morgan fingerprint density at radius 1 is 1.62 bits per heavy atom. The number of allylic oxidation sites excluding steroid dienone is 2. The van der Waals surface area contributed by atoms with Gasteiger partial charge in [0, 0.05) is 5.31 Å². The van der Waals surface area contributed by atoms with Crippen LogP contribution in [0.5, 0.6) is 0 Å². The molecule has 0 saturated heterocycles. The Morgan fingerprint density at radius 3 is 2.00 bits per heavy atom. The lowest BCUT2D eigenvalue weighted by atomic mass is 10.6. The van der Waals surface area contributed by atoms with Crippen molar-refractivity contribution in [2.24, 2.45) is 0 Å². The van der Waals surface area contributed by atoms with Gasteiger partial charge in [0.05, 0.1) is 0 Å². The molecule has 0 aromatic carbocycles. The van der Waals surface area contributed by atoms with Crippen LogP contribution in [0.3, 0.4) is 0 Å². The molecule has 0 aromatic rings. The molecular weight excluding hydrogens is 127 g/mol. The van der Waals surface area contributed by atoms with E-state index >= 15 is 0 Å². The van der Waals surface area contributed by atoms with Crippen molar-refractivity contribution < 1.29 is 14.4 Å². The topological polar surface area (TPSA) is 57.5 Å². The molecule has 0 atom stereocenters. The molecule has 0 aliphatic heterocycles. The summed E-state index contributed by atoms with van der Waals surface area (Å²) in [6.07, 6.45) is 1.40. The molecular formula is C4H9O3P. The summed E-state index contributed by atoms with van der Waals surface area (Å²) in [6, 6.07) is 0. The predicted molar refractivity (Wildman–Crippen MR) is 31.5 cm³/mol. The fraction of sp³-hybridized carbons (Fsp3) is 0.500. The first kappa shape index (κ1) is 7.89. The highest BCUT2D eigenvalue weighted by molar-refractivity contribution is 7.56. The van der Waals surface area contributed by atoms with E-state index in [0.29, 0.717) is 0 Å². The average molecular weight is 136 g/mol. The van der Waals surface area contributed by atoms with Crippen LogP contribution in [0.25, 0.3) is 0 Å². The summed E-state index contributed by atoms with van der Waals surface area (Å²) in [5.74, 6) is 0. The molecule has 2 N–H and O–H groups in total. The highest BCUT2D eigenvalue weighted by Crippen LogP contribution is 2.43. The Bertz CT molecular complexity index is 143. The number of rotatable bonds is 1. The molecule has 0 heterocycles. The SMILES string of the molecule is CC=C(C)P(=O)(O)O. The first-order valence-electron chi connectivity index (χ1n) is 2.17. The molecule has 0 aromatic heterocycles. The van der Waals surface area contributed by atoms with E-state index in [1.807, 2.05) is 0 Å². The Labute approximate surface area is 48.2 Å². The van der Waals surface area contributed by atoms with Crippen molar-refractivity contribution in [3.63, 3.8) is 0 Å². The van der Waals surface area contributed by atoms with Gasteiger partial charge in [0.15, 0.2) is 0 Å². The molecule has 4 heteroatoms. The summed E-state index contributed by atoms with van der Waals surface area (Å²) < 4.78 is 10.2. The fourth-order valence-electron chi connectivity index (χ4n) is 0.168. The molecule has 0 radical (unpaired) electrons. The Morgan fingerprint density at radius 2 is 2.00 bits per heavy atom. The van der Waals surface area contributed by atoms with E-state index in [1.165, 1.54) is 13.0 Å². The molecule has 0 fully saturated rings. The summed E-state index contributed by atoms with van der Waals surface area (Å²) in [7, 11) is -3.90. The molecule has 8 heavy (non-hydrogen) atoms. The fourth-order valence-corrected chi connectivity index (χ4v) is 0.505. The standard InChI is InChI=1S/C4H9O3P/c1-3-4(2)8(5,6)7/h3H,1-2H3,(H2,5,6,7). The van der Waals surface area contributed by atoms with Gasteiger partial charge in [-0.1, -0.05) is 6.08 Å². The van der Waals surface area contributed by atoms with E-state index in [-0.39, 0.29) is 5.31 Å². The maximum atomic E-state index is 10.2. The van der Waals surface area contributed by atoms with Crippen molar-refractivity contribution in [1.29, 1.82) is 0 Å². The minimum Gasteiger partial charge on any atom is -0.321 e. The van der Waals surface area contributed by atoms with Crippen molar-refractivity contribution in [3.05, 3.63) is 11.4 Å². The maximum absolute atomic E-state index is 10.2. The molecule has 0 saturated carbocycles. The normalized spacial score (nSPS) is 14.2. The van der Waals surface area contributed by atoms with Crippen molar-refractivity contribution in [3.8, 4) is 0 Å². The third-order valence-electron chi connectivity index (χ3n) is 0.877. The van der Waals surface area contributed by atoms with Gasteiger partial charge in [0.2, 0.25) is 0 Å². The van der Waals surface area contributed by atoms with E-state index < -0.39 is 7.60 Å². The van der Waals surface area contributed by atoms with E-state index in [0.717, 1.165) is 0 Å². The molecule has 0 spiro atoms. The summed E-state index contributed by atoms with van der Waals surface area (Å²) >= 11 is 0. The van der Waals surface area contributed by atoms with Crippen LogP contribution in [0.1, 0.15) is 13.8 Å². The van der Waals surface area contributed by atoms with Gasteiger partial charge in [-0.15, -0.1) is 0 Å². The van der Waals surface area contributed by atoms with E-state index in [1.54, 1.807) is 6.92 Å². The molecule has 0 rings (SSSR count). The maximum Gasteiger partial charge on any atom is 0.351 e. The predicted octanol–water partition coefficient (Wildman–Crippen LogP) is 1.09. The second kappa shape index (κ2) is 2.44. The van der Waals surface area contributed by atoms with E-state index in [2.05, 4.69) is 0 Å². The lowest BCUT2D eigenvalue weighted by Gasteiger charge is -1.99. The first-order chi connectivity index (χ1) is 3.48. The van der Waals surface area contributed by atoms with Crippen LogP contribution in [-0.2, 0) is 4.57 Å². The van der Waals surface area contributed by atoms with Gasteiger partial charge < -0.3 is 9.79 Å². The summed E-state index contributed by atoms with van der Waals surface area (Å²) in [6.45, 7) is 3.00. The summed E-state index contributed by atoms with van der Waals surface area (Å²) in [5, 5.41) is 0.123. The zero-order valence-electron chi connectivity index (χ0n) is 4.83. The second-order valence-electron chi connectivity index (χ2n) is 1.47. The molecule has 0 bridgehead atoms. The van der Waals surface area contributed by atoms with Crippen LogP contribution >= 0.6 is 7.60 Å². The van der Waals surface area contributed by atoms with E-state index in [4.69, 9.17) is 9.79 Å². The van der Waals surface area contributed by atoms with Crippen molar-refractivity contribution in [2.75, 3.05) is 0 Å². The lowest BCUT2D eigenvalue weighted by molar-refractivity contribution is 0.382. The van der Waals surface area contributed by atoms with Crippen LogP contribution in [0.4, 0.5) is 0 Å². The minimum absolute atomic E-state index is 0.123. The van der Waals surface area contributed by atoms with Gasteiger partial charge in [-0.25, -0.2) is 0 Å². The van der Waals surface area contributed by atoms with Gasteiger partial charge >= 0.3 is 7.60 Å². The zero-order valence-corrected chi connectivity index (χ0v) is 5.72. The number of hydrogen-bond donors (Lipinski definition) is 2. The zero-order chi connectivity index (χ0) is 6.78. The van der Waals surface area contributed by atoms with Crippen molar-refractivity contribution in [1.82, 2.24) is 0 Å². The highest BCUT2D eigenvalue weighted by atomic mass is 31.2. The minimum atomic E-state index is -3.90. The van der Waals surface area contributed by atoms with Gasteiger partial charge in [-0.2, -0.15) is 0 Å². The third-order valence-corrected chi connectivity index (χ3v) is 2.05. The molecule has 0 aliphatic rings. The van der Waals surface area contributed by atoms with Crippen molar-refractivity contribution >= 4 is 7.60 Å². The lowest BCUT2D eigenvalue weighted by Crippen LogP contribution is -1.76. The highest BCUT2D eigenvalue weighted by Gasteiger charge is 2.13. The Hall–Kier alpha value is -0.110. The third kappa shape index (κ3) is 2.26. The molecule has 0 amide bonds. The smallest absolute Gasteiger partial charge is 0.321 e. The summed E-state index contributed by atoms with van der Waals surface area (Å²) in [5.41, 5.74) is 0. The largest absolute Gasteiger partial charge is 0.351 e. The quantitative estimate of drug-likeness (QED) is 0.530. The first-order valence-corrected chi connectivity index (χ1v) is 3.78. The molecule has 0 aliphatic carbocycles. The molecule has 3 nitrogen and oxygen atoms in total.